The van der Waals surface area contributed by atoms with Crippen LogP contribution in [0.4, 0.5) is 0 Å². The van der Waals surface area contributed by atoms with Gasteiger partial charge in [-0.1, -0.05) is 19.9 Å². The Labute approximate surface area is 112 Å². The van der Waals surface area contributed by atoms with E-state index in [-0.39, 0.29) is 10.7 Å². The smallest absolute Gasteiger partial charge is 0.221 e. The van der Waals surface area contributed by atoms with Crippen molar-refractivity contribution >= 4 is 16.8 Å². The number of benzene rings is 1. The van der Waals surface area contributed by atoms with Crippen molar-refractivity contribution in [3.63, 3.8) is 0 Å². The Morgan fingerprint density at radius 1 is 1.28 bits per heavy atom. The number of halogens is 1. The van der Waals surface area contributed by atoms with E-state index in [2.05, 4.69) is 13.8 Å². The molecule has 98 valence electrons. The molecule has 18 heavy (non-hydrogen) atoms. The molecule has 0 radical (unpaired) electrons. The van der Waals surface area contributed by atoms with Crippen LogP contribution in [0, 0.1) is 0 Å². The second-order valence-corrected chi connectivity index (χ2v) is 5.52. The number of rotatable bonds is 4. The summed E-state index contributed by atoms with van der Waals surface area (Å²) in [5.74, 6) is 1.57. The van der Waals surface area contributed by atoms with E-state index in [0.29, 0.717) is 19.6 Å². The van der Waals surface area contributed by atoms with E-state index < -0.39 is 0 Å². The summed E-state index contributed by atoms with van der Waals surface area (Å²) in [4.78, 5) is 10.9. The Morgan fingerprint density at radius 2 is 1.94 bits per heavy atom. The molecule has 0 bridgehead atoms. The molecule has 0 saturated carbocycles. The average Bonchev–Trinajstić information content (AvgIpc) is 2.36. The highest BCUT2D eigenvalue weighted by atomic mass is 35.5. The summed E-state index contributed by atoms with van der Waals surface area (Å²) < 4.78 is 11.1. The first-order valence-corrected chi connectivity index (χ1v) is 6.45. The van der Waals surface area contributed by atoms with E-state index in [4.69, 9.17) is 21.1 Å². The van der Waals surface area contributed by atoms with Gasteiger partial charge in [0, 0.05) is 6.42 Å². The third kappa shape index (κ3) is 2.96. The van der Waals surface area contributed by atoms with Gasteiger partial charge in [0.2, 0.25) is 5.24 Å². The highest BCUT2D eigenvalue weighted by Gasteiger charge is 2.23. The molecule has 0 N–H and O–H groups in total. The van der Waals surface area contributed by atoms with Gasteiger partial charge in [-0.2, -0.15) is 0 Å². The molecule has 1 aliphatic heterocycles. The standard InChI is InChI=1S/C14H17ClO3/c1-14(2,6-5-13(15)16)10-3-4-11-12(9-10)18-8-7-17-11/h3-4,9H,5-8H2,1-2H3. The molecule has 4 heteroatoms. The first kappa shape index (κ1) is 13.2. The van der Waals surface area contributed by atoms with E-state index in [9.17, 15) is 4.79 Å². The van der Waals surface area contributed by atoms with Crippen molar-refractivity contribution in [2.24, 2.45) is 0 Å². The van der Waals surface area contributed by atoms with Gasteiger partial charge in [-0.15, -0.1) is 0 Å². The second-order valence-electron chi connectivity index (χ2n) is 5.10. The maximum absolute atomic E-state index is 10.9. The fraction of sp³-hybridized carbons (Fsp3) is 0.500. The highest BCUT2D eigenvalue weighted by molar-refractivity contribution is 6.63. The minimum Gasteiger partial charge on any atom is -0.486 e. The van der Waals surface area contributed by atoms with Crippen molar-refractivity contribution in [1.29, 1.82) is 0 Å². The summed E-state index contributed by atoms with van der Waals surface area (Å²) in [6, 6.07) is 5.94. The predicted molar refractivity (Wildman–Crippen MR) is 70.6 cm³/mol. The van der Waals surface area contributed by atoms with Gasteiger partial charge < -0.3 is 9.47 Å². The number of hydrogen-bond acceptors (Lipinski definition) is 3. The van der Waals surface area contributed by atoms with Gasteiger partial charge in [0.1, 0.15) is 13.2 Å². The maximum Gasteiger partial charge on any atom is 0.221 e. The van der Waals surface area contributed by atoms with Crippen LogP contribution in [0.1, 0.15) is 32.3 Å². The topological polar surface area (TPSA) is 35.5 Å². The van der Waals surface area contributed by atoms with Gasteiger partial charge in [0.05, 0.1) is 0 Å². The number of fused-ring (bicyclic) bond motifs is 1. The van der Waals surface area contributed by atoms with Crippen molar-refractivity contribution in [1.82, 2.24) is 0 Å². The van der Waals surface area contributed by atoms with Gasteiger partial charge >= 0.3 is 0 Å². The predicted octanol–water partition coefficient (Wildman–Crippen LogP) is 3.28. The highest BCUT2D eigenvalue weighted by Crippen LogP contribution is 2.37. The van der Waals surface area contributed by atoms with Gasteiger partial charge in [0.25, 0.3) is 0 Å². The molecule has 1 aromatic carbocycles. The first-order chi connectivity index (χ1) is 8.49. The maximum atomic E-state index is 10.9. The van der Waals surface area contributed by atoms with Crippen molar-refractivity contribution in [2.75, 3.05) is 13.2 Å². The molecular weight excluding hydrogens is 252 g/mol. The summed E-state index contributed by atoms with van der Waals surface area (Å²) in [5.41, 5.74) is 1.02. The SMILES string of the molecule is CC(C)(CCC(=O)Cl)c1ccc2c(c1)OCCO2. The Morgan fingerprint density at radius 3 is 2.61 bits per heavy atom. The molecule has 0 atom stereocenters. The summed E-state index contributed by atoms with van der Waals surface area (Å²) in [6.45, 7) is 5.37. The van der Waals surface area contributed by atoms with Crippen LogP contribution in [-0.2, 0) is 10.2 Å². The Balaban J connectivity index is 2.19. The third-order valence-electron chi connectivity index (χ3n) is 3.27. The monoisotopic (exact) mass is 268 g/mol. The first-order valence-electron chi connectivity index (χ1n) is 6.07. The lowest BCUT2D eigenvalue weighted by Gasteiger charge is -2.27. The van der Waals surface area contributed by atoms with Crippen LogP contribution in [0.15, 0.2) is 18.2 Å². The summed E-state index contributed by atoms with van der Waals surface area (Å²) >= 11 is 5.40. The van der Waals surface area contributed by atoms with E-state index in [1.165, 1.54) is 0 Å². The van der Waals surface area contributed by atoms with Crippen LogP contribution in [0.5, 0.6) is 11.5 Å². The number of ether oxygens (including phenoxy) is 2. The van der Waals surface area contributed by atoms with Crippen LogP contribution in [0.2, 0.25) is 0 Å². The largest absolute Gasteiger partial charge is 0.486 e. The van der Waals surface area contributed by atoms with Crippen molar-refractivity contribution in [3.8, 4) is 11.5 Å². The van der Waals surface area contributed by atoms with Crippen molar-refractivity contribution < 1.29 is 14.3 Å². The molecule has 1 aromatic rings. The molecule has 0 spiro atoms. The van der Waals surface area contributed by atoms with Gasteiger partial charge in [0.15, 0.2) is 11.5 Å². The number of carbonyl (C=O) groups is 1. The van der Waals surface area contributed by atoms with Gasteiger partial charge in [-0.05, 0) is 41.1 Å². The van der Waals surface area contributed by atoms with Crippen LogP contribution in [0.25, 0.3) is 0 Å². The molecule has 0 fully saturated rings. The molecule has 0 aliphatic carbocycles. The van der Waals surface area contributed by atoms with Crippen molar-refractivity contribution in [3.05, 3.63) is 23.8 Å². The Bertz CT molecular complexity index is 454. The fourth-order valence-electron chi connectivity index (χ4n) is 2.02. The van der Waals surface area contributed by atoms with Crippen LogP contribution < -0.4 is 9.47 Å². The summed E-state index contributed by atoms with van der Waals surface area (Å²) in [5, 5.41) is -0.291. The zero-order valence-corrected chi connectivity index (χ0v) is 11.4. The average molecular weight is 269 g/mol. The quantitative estimate of drug-likeness (QED) is 0.786. The van der Waals surface area contributed by atoms with E-state index in [1.54, 1.807) is 0 Å². The van der Waals surface area contributed by atoms with E-state index >= 15 is 0 Å². The molecule has 1 aliphatic rings. The lowest BCUT2D eigenvalue weighted by atomic mass is 9.80. The Kier molecular flexibility index (Phi) is 3.81. The van der Waals surface area contributed by atoms with Crippen LogP contribution in [0.3, 0.4) is 0 Å². The molecule has 0 amide bonds. The molecule has 0 unspecified atom stereocenters. The molecular formula is C14H17ClO3. The lowest BCUT2D eigenvalue weighted by Crippen LogP contribution is -2.20. The summed E-state index contributed by atoms with van der Waals surface area (Å²) in [6.07, 6.45) is 1.10. The van der Waals surface area contributed by atoms with Gasteiger partial charge in [-0.3, -0.25) is 4.79 Å². The molecule has 3 nitrogen and oxygen atoms in total. The normalized spacial score (nSPS) is 14.4. The zero-order chi connectivity index (χ0) is 13.2. The zero-order valence-electron chi connectivity index (χ0n) is 10.7. The summed E-state index contributed by atoms with van der Waals surface area (Å²) in [7, 11) is 0. The molecule has 1 heterocycles. The molecule has 0 aromatic heterocycles. The lowest BCUT2D eigenvalue weighted by molar-refractivity contribution is -0.112. The third-order valence-corrected chi connectivity index (χ3v) is 3.46. The number of carbonyl (C=O) groups excluding carboxylic acids is 1. The molecule has 2 rings (SSSR count). The molecule has 0 saturated heterocycles. The Hall–Kier alpha value is -1.22. The minimum absolute atomic E-state index is 0.111. The minimum atomic E-state index is -0.291. The van der Waals surface area contributed by atoms with E-state index in [0.717, 1.165) is 23.5 Å². The number of hydrogen-bond donors (Lipinski definition) is 0. The van der Waals surface area contributed by atoms with Crippen LogP contribution in [-0.4, -0.2) is 18.5 Å². The second kappa shape index (κ2) is 5.19. The fourth-order valence-corrected chi connectivity index (χ4v) is 2.11. The van der Waals surface area contributed by atoms with Crippen LogP contribution >= 0.6 is 11.6 Å². The van der Waals surface area contributed by atoms with E-state index in [1.807, 2.05) is 18.2 Å². The van der Waals surface area contributed by atoms with Crippen molar-refractivity contribution in [2.45, 2.75) is 32.1 Å². The van der Waals surface area contributed by atoms with Gasteiger partial charge in [-0.25, -0.2) is 0 Å².